The van der Waals surface area contributed by atoms with Crippen LogP contribution in [0.2, 0.25) is 0 Å². The molecule has 7 nitrogen and oxygen atoms in total. The van der Waals surface area contributed by atoms with Crippen LogP contribution in [-0.4, -0.2) is 27.9 Å². The first kappa shape index (κ1) is 41.8. The Hall–Kier alpha value is -2.58. The maximum absolute atomic E-state index is 14.9. The third-order valence-corrected chi connectivity index (χ3v) is 11.9. The fraction of sp³-hybridized carbons (Fsp3) is 0.400. The van der Waals surface area contributed by atoms with Crippen LogP contribution in [-0.2, 0) is 87.1 Å². The number of halogens is 12. The summed E-state index contributed by atoms with van der Waals surface area (Å²) in [7, 11) is 2.91. The fourth-order valence-electron chi connectivity index (χ4n) is 4.32. The van der Waals surface area contributed by atoms with Gasteiger partial charge in [-0.2, -0.15) is 0 Å². The van der Waals surface area contributed by atoms with Crippen molar-refractivity contribution in [3.63, 3.8) is 0 Å². The van der Waals surface area contributed by atoms with E-state index in [2.05, 4.69) is 14.2 Å². The molecule has 0 atom stereocenters. The van der Waals surface area contributed by atoms with Crippen molar-refractivity contribution in [2.45, 2.75) is 53.0 Å². The minimum absolute atomic E-state index is 0.0157. The standard InChI is InChI=1S/3C9H7F4O2.C3H7O.Zr/c3*1-15-3-5-8(12)6(10)4(2-14)7(11)9(5)13;1-2-3-4;/h3*2-3H2,1H3;2-3H2,1H3;/q4*-1;+4. The zero-order valence-electron chi connectivity index (χ0n) is 26.6. The molecule has 0 radical (unpaired) electrons. The van der Waals surface area contributed by atoms with E-state index in [1.165, 1.54) is 6.92 Å². The van der Waals surface area contributed by atoms with Gasteiger partial charge in [-0.05, 0) is 0 Å². The van der Waals surface area contributed by atoms with E-state index in [1.807, 2.05) is 0 Å². The molecule has 50 heavy (non-hydrogen) atoms. The van der Waals surface area contributed by atoms with E-state index in [1.54, 1.807) is 0 Å². The predicted molar refractivity (Wildman–Crippen MR) is 142 cm³/mol. The fourth-order valence-corrected chi connectivity index (χ4v) is 9.03. The number of methoxy groups -OCH3 is 3. The molecule has 0 heterocycles. The van der Waals surface area contributed by atoms with Crippen molar-refractivity contribution in [2.24, 2.45) is 0 Å². The van der Waals surface area contributed by atoms with Gasteiger partial charge in [-0.3, -0.25) is 0 Å². The summed E-state index contributed by atoms with van der Waals surface area (Å²) in [5, 5.41) is 0. The molecular weight excluding hydrogens is 792 g/mol. The molecule has 0 amide bonds. The van der Waals surface area contributed by atoms with Crippen molar-refractivity contribution < 1.29 is 100 Å². The number of hydrogen-bond acceptors (Lipinski definition) is 7. The van der Waals surface area contributed by atoms with Gasteiger partial charge in [0, 0.05) is 0 Å². The number of hydrogen-bond donors (Lipinski definition) is 0. The SMILES string of the molecule is CCC[O][Zr]([O]Cc1c(F)c(F)c(COC)c(F)c1F)([O]Cc1c(F)c(F)c(COC)c(F)c1F)[O]Cc1c(F)c(F)c(COC)c(F)c1F. The van der Waals surface area contributed by atoms with Crippen LogP contribution < -0.4 is 0 Å². The van der Waals surface area contributed by atoms with Crippen LogP contribution in [0.3, 0.4) is 0 Å². The zero-order valence-corrected chi connectivity index (χ0v) is 29.0. The Morgan fingerprint density at radius 2 is 0.540 bits per heavy atom. The van der Waals surface area contributed by atoms with E-state index in [-0.39, 0.29) is 6.42 Å². The van der Waals surface area contributed by atoms with E-state index in [0.717, 1.165) is 21.3 Å². The second kappa shape index (κ2) is 18.3. The van der Waals surface area contributed by atoms with Crippen molar-refractivity contribution >= 4 is 0 Å². The van der Waals surface area contributed by atoms with E-state index in [4.69, 9.17) is 11.3 Å². The van der Waals surface area contributed by atoms with Crippen molar-refractivity contribution in [2.75, 3.05) is 27.9 Å². The van der Waals surface area contributed by atoms with Gasteiger partial charge < -0.3 is 0 Å². The van der Waals surface area contributed by atoms with E-state index >= 15 is 0 Å². The summed E-state index contributed by atoms with van der Waals surface area (Å²) in [6, 6.07) is 0. The number of benzene rings is 3. The van der Waals surface area contributed by atoms with Gasteiger partial charge in [-0.15, -0.1) is 0 Å². The topological polar surface area (TPSA) is 64.6 Å². The van der Waals surface area contributed by atoms with Gasteiger partial charge in [0.2, 0.25) is 0 Å². The summed E-state index contributed by atoms with van der Waals surface area (Å²) >= 11 is -6.53. The molecule has 0 aliphatic heterocycles. The molecule has 3 aromatic carbocycles. The maximum atomic E-state index is 14.9. The Bertz CT molecular complexity index is 1420. The van der Waals surface area contributed by atoms with Gasteiger partial charge in [-0.25, -0.2) is 0 Å². The molecule has 0 unspecified atom stereocenters. The summed E-state index contributed by atoms with van der Waals surface area (Å²) in [4.78, 5) is 0. The summed E-state index contributed by atoms with van der Waals surface area (Å²) in [6.45, 7) is -6.48. The van der Waals surface area contributed by atoms with Gasteiger partial charge in [0.15, 0.2) is 0 Å². The monoisotopic (exact) mass is 818 g/mol. The molecule has 0 saturated carbocycles. The molecular formula is C30H28F12O7Zr. The average Bonchev–Trinajstić information content (AvgIpc) is 3.10. The molecule has 278 valence electrons. The summed E-state index contributed by atoms with van der Waals surface area (Å²) in [5.41, 5.74) is -7.88. The van der Waals surface area contributed by atoms with Crippen molar-refractivity contribution in [1.29, 1.82) is 0 Å². The first-order valence-corrected chi connectivity index (χ1v) is 18.2. The van der Waals surface area contributed by atoms with Crippen LogP contribution in [0, 0.1) is 69.8 Å². The summed E-state index contributed by atoms with van der Waals surface area (Å²) in [6.07, 6.45) is 0.0157. The summed E-state index contributed by atoms with van der Waals surface area (Å²) < 4.78 is 212. The van der Waals surface area contributed by atoms with Crippen LogP contribution in [0.4, 0.5) is 52.7 Å². The van der Waals surface area contributed by atoms with Crippen molar-refractivity contribution in [3.05, 3.63) is 103 Å². The summed E-state index contributed by atoms with van der Waals surface area (Å²) in [5.74, 6) is -23.6. The molecule has 0 saturated heterocycles. The molecule has 0 bridgehead atoms. The van der Waals surface area contributed by atoms with E-state index < -0.39 is 171 Å². The van der Waals surface area contributed by atoms with E-state index in [0.29, 0.717) is 0 Å². The van der Waals surface area contributed by atoms with Crippen LogP contribution in [0.15, 0.2) is 0 Å². The second-order valence-corrected chi connectivity index (χ2v) is 15.4. The Labute approximate surface area is 283 Å². The van der Waals surface area contributed by atoms with Crippen LogP contribution in [0.1, 0.15) is 46.7 Å². The van der Waals surface area contributed by atoms with Crippen LogP contribution in [0.25, 0.3) is 0 Å². The second-order valence-electron chi connectivity index (χ2n) is 10.2. The molecule has 0 aliphatic rings. The normalized spacial score (nSPS) is 12.0. The van der Waals surface area contributed by atoms with E-state index in [9.17, 15) is 52.7 Å². The molecule has 3 aromatic rings. The molecule has 0 N–H and O–H groups in total. The third kappa shape index (κ3) is 8.71. The Kier molecular flexibility index (Phi) is 15.3. The molecule has 0 fully saturated rings. The quantitative estimate of drug-likeness (QED) is 0.0954. The minimum atomic E-state index is -6.53. The molecule has 0 spiro atoms. The number of ether oxygens (including phenoxy) is 3. The van der Waals surface area contributed by atoms with Gasteiger partial charge in [-0.1, -0.05) is 0 Å². The van der Waals surface area contributed by atoms with Crippen molar-refractivity contribution in [1.82, 2.24) is 0 Å². The van der Waals surface area contributed by atoms with Crippen LogP contribution in [0.5, 0.6) is 0 Å². The first-order chi connectivity index (χ1) is 23.6. The first-order valence-electron chi connectivity index (χ1n) is 14.2. The molecule has 20 heteroatoms. The molecule has 3 rings (SSSR count). The molecule has 0 aliphatic carbocycles. The van der Waals surface area contributed by atoms with Gasteiger partial charge in [0.1, 0.15) is 0 Å². The Balaban J connectivity index is 2.15. The van der Waals surface area contributed by atoms with Gasteiger partial charge >= 0.3 is 284 Å². The Morgan fingerprint density at radius 3 is 0.720 bits per heavy atom. The average molecular weight is 820 g/mol. The zero-order chi connectivity index (χ0) is 37.5. The molecule has 0 aromatic heterocycles. The number of rotatable bonds is 18. The van der Waals surface area contributed by atoms with Crippen LogP contribution >= 0.6 is 0 Å². The van der Waals surface area contributed by atoms with Gasteiger partial charge in [0.05, 0.1) is 0 Å². The van der Waals surface area contributed by atoms with Gasteiger partial charge in [0.25, 0.3) is 0 Å². The third-order valence-electron chi connectivity index (χ3n) is 6.86. The predicted octanol–water partition coefficient (Wildman–Crippen LogP) is 7.99. The van der Waals surface area contributed by atoms with Crippen molar-refractivity contribution in [3.8, 4) is 0 Å². The Morgan fingerprint density at radius 1 is 0.340 bits per heavy atom.